The van der Waals surface area contributed by atoms with Crippen molar-refractivity contribution in [1.29, 1.82) is 0 Å². The van der Waals surface area contributed by atoms with E-state index in [9.17, 15) is 9.59 Å². The van der Waals surface area contributed by atoms with Gasteiger partial charge >= 0.3 is 0 Å². The van der Waals surface area contributed by atoms with Crippen molar-refractivity contribution in [3.05, 3.63) is 93.7 Å². The molecule has 0 aliphatic carbocycles. The quantitative estimate of drug-likeness (QED) is 0.478. The highest BCUT2D eigenvalue weighted by molar-refractivity contribution is 6.10. The van der Waals surface area contributed by atoms with Crippen LogP contribution in [0.3, 0.4) is 0 Å². The van der Waals surface area contributed by atoms with Crippen molar-refractivity contribution in [2.45, 2.75) is 13.5 Å². The normalized spacial score (nSPS) is 12.7. The SMILES string of the molecule is Cc1cccc(Cn2cc(C(=O)c3ccc4c(c3)OCCO4)c(=O)c3cccnc32)n1. The molecule has 5 rings (SSSR count). The average Bonchev–Trinajstić information content (AvgIpc) is 2.80. The molecule has 0 atom stereocenters. The standard InChI is InChI=1S/C24H19N3O4/c1-15-4-2-5-17(26-15)13-27-14-19(23(29)18-6-3-9-25-24(18)27)22(28)16-7-8-20-21(12-16)31-11-10-30-20/h2-9,12,14H,10-11,13H2,1H3. The van der Waals surface area contributed by atoms with Crippen LogP contribution in [0.2, 0.25) is 0 Å². The summed E-state index contributed by atoms with van der Waals surface area (Å²) < 4.78 is 12.9. The lowest BCUT2D eigenvalue weighted by Gasteiger charge is -2.18. The van der Waals surface area contributed by atoms with E-state index in [1.54, 1.807) is 47.3 Å². The van der Waals surface area contributed by atoms with Crippen LogP contribution in [0.5, 0.6) is 11.5 Å². The number of ether oxygens (including phenoxy) is 2. The van der Waals surface area contributed by atoms with Gasteiger partial charge in [0.2, 0.25) is 5.43 Å². The Morgan fingerprint density at radius 1 is 1.06 bits per heavy atom. The smallest absolute Gasteiger partial charge is 0.202 e. The minimum atomic E-state index is -0.376. The van der Waals surface area contributed by atoms with E-state index < -0.39 is 0 Å². The van der Waals surface area contributed by atoms with Gasteiger partial charge in [0.05, 0.1) is 23.2 Å². The van der Waals surface area contributed by atoms with E-state index in [0.717, 1.165) is 11.4 Å². The van der Waals surface area contributed by atoms with Crippen molar-refractivity contribution >= 4 is 16.8 Å². The number of aryl methyl sites for hydroxylation is 1. The molecule has 0 amide bonds. The van der Waals surface area contributed by atoms with Gasteiger partial charge in [0, 0.05) is 23.7 Å². The fraction of sp³-hybridized carbons (Fsp3) is 0.167. The molecule has 7 nitrogen and oxygen atoms in total. The predicted molar refractivity (Wildman–Crippen MR) is 115 cm³/mol. The van der Waals surface area contributed by atoms with E-state index >= 15 is 0 Å². The molecule has 0 saturated heterocycles. The largest absolute Gasteiger partial charge is 0.486 e. The molecular formula is C24H19N3O4. The Hall–Kier alpha value is -4.00. The Bertz CT molecular complexity index is 1380. The lowest BCUT2D eigenvalue weighted by Crippen LogP contribution is -2.21. The molecule has 0 unspecified atom stereocenters. The maximum atomic E-state index is 13.3. The van der Waals surface area contributed by atoms with Gasteiger partial charge in [-0.3, -0.25) is 14.6 Å². The molecular weight excluding hydrogens is 394 g/mol. The van der Waals surface area contributed by atoms with Crippen LogP contribution < -0.4 is 14.9 Å². The number of ketones is 1. The molecule has 0 fully saturated rings. The number of pyridine rings is 3. The highest BCUT2D eigenvalue weighted by atomic mass is 16.6. The lowest BCUT2D eigenvalue weighted by molar-refractivity contribution is 0.103. The van der Waals surface area contributed by atoms with E-state index in [1.807, 2.05) is 25.1 Å². The number of carbonyl (C=O) groups is 1. The first-order chi connectivity index (χ1) is 15.1. The van der Waals surface area contributed by atoms with Gasteiger partial charge in [0.1, 0.15) is 18.9 Å². The third kappa shape index (κ3) is 3.54. The molecule has 154 valence electrons. The number of benzene rings is 1. The Labute approximate surface area is 177 Å². The van der Waals surface area contributed by atoms with Crippen molar-refractivity contribution < 1.29 is 14.3 Å². The second kappa shape index (κ2) is 7.68. The van der Waals surface area contributed by atoms with Gasteiger partial charge in [0.25, 0.3) is 0 Å². The highest BCUT2D eigenvalue weighted by Crippen LogP contribution is 2.31. The van der Waals surface area contributed by atoms with Crippen LogP contribution in [0, 0.1) is 6.92 Å². The van der Waals surface area contributed by atoms with Crippen molar-refractivity contribution in [3.63, 3.8) is 0 Å². The second-order valence-corrected chi connectivity index (χ2v) is 7.33. The Morgan fingerprint density at radius 3 is 2.74 bits per heavy atom. The number of hydrogen-bond acceptors (Lipinski definition) is 6. The fourth-order valence-corrected chi connectivity index (χ4v) is 3.71. The first-order valence-corrected chi connectivity index (χ1v) is 9.95. The maximum Gasteiger partial charge on any atom is 0.202 e. The van der Waals surface area contributed by atoms with E-state index in [4.69, 9.17) is 9.47 Å². The molecule has 4 aromatic rings. The molecule has 3 aromatic heterocycles. The number of aromatic nitrogens is 3. The summed E-state index contributed by atoms with van der Waals surface area (Å²) in [6.45, 7) is 3.19. The topological polar surface area (TPSA) is 83.3 Å². The predicted octanol–water partition coefficient (Wildman–Crippen LogP) is 3.15. The van der Waals surface area contributed by atoms with Crippen LogP contribution in [-0.4, -0.2) is 33.5 Å². The van der Waals surface area contributed by atoms with Gasteiger partial charge in [-0.1, -0.05) is 6.07 Å². The minimum Gasteiger partial charge on any atom is -0.486 e. The molecule has 0 N–H and O–H groups in total. The van der Waals surface area contributed by atoms with Crippen LogP contribution >= 0.6 is 0 Å². The van der Waals surface area contributed by atoms with Crippen molar-refractivity contribution in [3.8, 4) is 11.5 Å². The number of rotatable bonds is 4. The number of fused-ring (bicyclic) bond motifs is 2. The molecule has 0 bridgehead atoms. The number of carbonyl (C=O) groups excluding carboxylic acids is 1. The van der Waals surface area contributed by atoms with E-state index in [0.29, 0.717) is 47.9 Å². The van der Waals surface area contributed by atoms with Crippen LogP contribution in [0.15, 0.2) is 65.7 Å². The molecule has 0 saturated carbocycles. The highest BCUT2D eigenvalue weighted by Gasteiger charge is 2.20. The summed E-state index contributed by atoms with van der Waals surface area (Å²) >= 11 is 0. The Morgan fingerprint density at radius 2 is 1.90 bits per heavy atom. The third-order valence-corrected chi connectivity index (χ3v) is 5.16. The summed E-state index contributed by atoms with van der Waals surface area (Å²) in [5, 5.41) is 0.388. The Balaban J connectivity index is 1.62. The van der Waals surface area contributed by atoms with Crippen LogP contribution in [0.25, 0.3) is 11.0 Å². The summed E-state index contributed by atoms with van der Waals surface area (Å²) in [7, 11) is 0. The number of hydrogen-bond donors (Lipinski definition) is 0. The Kier molecular flexibility index (Phi) is 4.71. The van der Waals surface area contributed by atoms with Gasteiger partial charge in [-0.05, 0) is 49.4 Å². The molecule has 0 spiro atoms. The zero-order chi connectivity index (χ0) is 21.4. The van der Waals surface area contributed by atoms with Gasteiger partial charge in [-0.15, -0.1) is 0 Å². The summed E-state index contributed by atoms with van der Waals surface area (Å²) in [6.07, 6.45) is 3.20. The van der Waals surface area contributed by atoms with Crippen LogP contribution in [0.1, 0.15) is 27.3 Å². The zero-order valence-corrected chi connectivity index (χ0v) is 16.9. The first-order valence-electron chi connectivity index (χ1n) is 9.95. The molecule has 0 radical (unpaired) electrons. The first kappa shape index (κ1) is 19.0. The van der Waals surface area contributed by atoms with E-state index in [1.165, 1.54) is 0 Å². The summed E-state index contributed by atoms with van der Waals surface area (Å²) in [6, 6.07) is 14.1. The van der Waals surface area contributed by atoms with Gasteiger partial charge in [-0.25, -0.2) is 4.98 Å². The van der Waals surface area contributed by atoms with Crippen molar-refractivity contribution in [2.24, 2.45) is 0 Å². The molecule has 1 aromatic carbocycles. The summed E-state index contributed by atoms with van der Waals surface area (Å²) in [5.41, 5.74) is 2.30. The second-order valence-electron chi connectivity index (χ2n) is 7.33. The minimum absolute atomic E-state index is 0.0739. The fourth-order valence-electron chi connectivity index (χ4n) is 3.71. The average molecular weight is 413 g/mol. The summed E-state index contributed by atoms with van der Waals surface area (Å²) in [5.74, 6) is 0.718. The van der Waals surface area contributed by atoms with Crippen molar-refractivity contribution in [1.82, 2.24) is 14.5 Å². The van der Waals surface area contributed by atoms with E-state index in [-0.39, 0.29) is 16.8 Å². The molecule has 1 aliphatic rings. The van der Waals surface area contributed by atoms with Crippen molar-refractivity contribution in [2.75, 3.05) is 13.2 Å². The third-order valence-electron chi connectivity index (χ3n) is 5.16. The van der Waals surface area contributed by atoms with Crippen LogP contribution in [-0.2, 0) is 6.54 Å². The van der Waals surface area contributed by atoms with Gasteiger partial charge in [-0.2, -0.15) is 0 Å². The van der Waals surface area contributed by atoms with E-state index in [2.05, 4.69) is 9.97 Å². The maximum absolute atomic E-state index is 13.3. The monoisotopic (exact) mass is 413 g/mol. The van der Waals surface area contributed by atoms with Gasteiger partial charge < -0.3 is 14.0 Å². The molecule has 7 heteroatoms. The van der Waals surface area contributed by atoms with Gasteiger partial charge in [0.15, 0.2) is 17.3 Å². The lowest BCUT2D eigenvalue weighted by atomic mass is 10.0. The molecule has 1 aliphatic heterocycles. The molecule has 4 heterocycles. The summed E-state index contributed by atoms with van der Waals surface area (Å²) in [4.78, 5) is 35.4. The zero-order valence-electron chi connectivity index (χ0n) is 16.9. The molecule has 31 heavy (non-hydrogen) atoms. The number of nitrogens with zero attached hydrogens (tertiary/aromatic N) is 3. The van der Waals surface area contributed by atoms with Crippen LogP contribution in [0.4, 0.5) is 0 Å².